The molecule has 1 aliphatic rings. The summed E-state index contributed by atoms with van der Waals surface area (Å²) in [6.45, 7) is 5.04. The number of ether oxygens (including phenoxy) is 1. The molecule has 2 atom stereocenters. The number of hydrogen-bond donors (Lipinski definition) is 1. The van der Waals surface area contributed by atoms with Gasteiger partial charge in [-0.15, -0.1) is 0 Å². The molecule has 2 unspecified atom stereocenters. The first-order valence-electron chi connectivity index (χ1n) is 6.55. The normalized spacial score (nSPS) is 20.8. The minimum Gasteiger partial charge on any atom is -0.493 e. The molecule has 1 aromatic carbocycles. The Morgan fingerprint density at radius 2 is 2.06 bits per heavy atom. The van der Waals surface area contributed by atoms with E-state index in [1.54, 1.807) is 0 Å². The summed E-state index contributed by atoms with van der Waals surface area (Å²) in [7, 11) is 0. The summed E-state index contributed by atoms with van der Waals surface area (Å²) in [5.74, 6) is 1.89. The predicted octanol–water partition coefficient (Wildman–Crippen LogP) is 3.03. The SMILES string of the molecule is CC(C)CCC(O)C1COc2ccccc2C1. The number of hydrogen-bond acceptors (Lipinski definition) is 2. The number of benzene rings is 1. The molecule has 0 fully saturated rings. The van der Waals surface area contributed by atoms with Crippen LogP contribution >= 0.6 is 0 Å². The fraction of sp³-hybridized carbons (Fsp3) is 0.600. The molecule has 0 saturated carbocycles. The number of aliphatic hydroxyl groups is 1. The Labute approximate surface area is 104 Å². The first-order valence-corrected chi connectivity index (χ1v) is 6.55. The predicted molar refractivity (Wildman–Crippen MR) is 69.2 cm³/mol. The second-order valence-electron chi connectivity index (χ2n) is 5.42. The van der Waals surface area contributed by atoms with Gasteiger partial charge in [0.2, 0.25) is 0 Å². The fourth-order valence-electron chi connectivity index (χ4n) is 2.34. The zero-order valence-corrected chi connectivity index (χ0v) is 10.7. The molecule has 1 aromatic rings. The van der Waals surface area contributed by atoms with Crippen LogP contribution < -0.4 is 4.74 Å². The zero-order chi connectivity index (χ0) is 12.3. The van der Waals surface area contributed by atoms with Crippen molar-refractivity contribution in [3.05, 3.63) is 29.8 Å². The van der Waals surface area contributed by atoms with E-state index in [1.165, 1.54) is 5.56 Å². The average Bonchev–Trinajstić information content (AvgIpc) is 2.35. The van der Waals surface area contributed by atoms with Gasteiger partial charge in [-0.3, -0.25) is 0 Å². The fourth-order valence-corrected chi connectivity index (χ4v) is 2.34. The first-order chi connectivity index (χ1) is 8.16. The standard InChI is InChI=1S/C15H22O2/c1-11(2)7-8-14(16)13-9-12-5-3-4-6-15(12)17-10-13/h3-6,11,13-14,16H,7-10H2,1-2H3. The van der Waals surface area contributed by atoms with Crippen LogP contribution in [0.15, 0.2) is 24.3 Å². The van der Waals surface area contributed by atoms with E-state index in [-0.39, 0.29) is 12.0 Å². The van der Waals surface area contributed by atoms with Gasteiger partial charge in [-0.2, -0.15) is 0 Å². The summed E-state index contributed by atoms with van der Waals surface area (Å²) < 4.78 is 5.70. The Morgan fingerprint density at radius 3 is 2.82 bits per heavy atom. The maximum Gasteiger partial charge on any atom is 0.122 e. The molecule has 0 saturated heterocycles. The van der Waals surface area contributed by atoms with E-state index < -0.39 is 0 Å². The molecule has 94 valence electrons. The van der Waals surface area contributed by atoms with Crippen molar-refractivity contribution in [1.29, 1.82) is 0 Å². The highest BCUT2D eigenvalue weighted by molar-refractivity contribution is 5.35. The lowest BCUT2D eigenvalue weighted by atomic mass is 9.89. The molecule has 1 heterocycles. The van der Waals surface area contributed by atoms with Gasteiger partial charge in [0.1, 0.15) is 5.75 Å². The van der Waals surface area contributed by atoms with E-state index in [2.05, 4.69) is 19.9 Å². The Morgan fingerprint density at radius 1 is 1.29 bits per heavy atom. The molecule has 0 spiro atoms. The van der Waals surface area contributed by atoms with Crippen molar-refractivity contribution in [3.63, 3.8) is 0 Å². The molecular weight excluding hydrogens is 212 g/mol. The van der Waals surface area contributed by atoms with Crippen LogP contribution in [0.3, 0.4) is 0 Å². The summed E-state index contributed by atoms with van der Waals surface area (Å²) in [4.78, 5) is 0. The van der Waals surface area contributed by atoms with E-state index in [9.17, 15) is 5.11 Å². The summed E-state index contributed by atoms with van der Waals surface area (Å²) in [6.07, 6.45) is 2.67. The third kappa shape index (κ3) is 3.22. The first kappa shape index (κ1) is 12.4. The molecule has 2 nitrogen and oxygen atoms in total. The van der Waals surface area contributed by atoms with Crippen molar-refractivity contribution in [2.24, 2.45) is 11.8 Å². The largest absolute Gasteiger partial charge is 0.493 e. The van der Waals surface area contributed by atoms with E-state index in [4.69, 9.17) is 4.74 Å². The van der Waals surface area contributed by atoms with Crippen LogP contribution in [0.25, 0.3) is 0 Å². The highest BCUT2D eigenvalue weighted by Gasteiger charge is 2.25. The minimum atomic E-state index is -0.231. The smallest absolute Gasteiger partial charge is 0.122 e. The molecule has 0 aliphatic carbocycles. The molecule has 1 aliphatic heterocycles. The molecule has 0 amide bonds. The third-order valence-electron chi connectivity index (χ3n) is 3.49. The number of rotatable bonds is 4. The highest BCUT2D eigenvalue weighted by Crippen LogP contribution is 2.29. The number of aliphatic hydroxyl groups excluding tert-OH is 1. The van der Waals surface area contributed by atoms with Crippen molar-refractivity contribution >= 4 is 0 Å². The molecular formula is C15H22O2. The minimum absolute atomic E-state index is 0.231. The lowest BCUT2D eigenvalue weighted by Gasteiger charge is -2.29. The van der Waals surface area contributed by atoms with Gasteiger partial charge >= 0.3 is 0 Å². The monoisotopic (exact) mass is 234 g/mol. The lowest BCUT2D eigenvalue weighted by molar-refractivity contribution is 0.0548. The average molecular weight is 234 g/mol. The molecule has 2 rings (SSSR count). The Balaban J connectivity index is 1.93. The summed E-state index contributed by atoms with van der Waals surface area (Å²) in [5.41, 5.74) is 1.23. The molecule has 0 bridgehead atoms. The van der Waals surface area contributed by atoms with Crippen LogP contribution in [0.1, 0.15) is 32.3 Å². The van der Waals surface area contributed by atoms with Crippen molar-refractivity contribution in [3.8, 4) is 5.75 Å². The van der Waals surface area contributed by atoms with Crippen molar-refractivity contribution in [2.45, 2.75) is 39.2 Å². The molecule has 2 heteroatoms. The van der Waals surface area contributed by atoms with E-state index in [0.717, 1.165) is 25.0 Å². The number of para-hydroxylation sites is 1. The van der Waals surface area contributed by atoms with Crippen LogP contribution in [0.5, 0.6) is 5.75 Å². The van der Waals surface area contributed by atoms with Gasteiger partial charge in [-0.25, -0.2) is 0 Å². The van der Waals surface area contributed by atoms with Gasteiger partial charge in [-0.05, 0) is 36.8 Å². The second-order valence-corrected chi connectivity index (χ2v) is 5.42. The Hall–Kier alpha value is -1.02. The van der Waals surface area contributed by atoms with Crippen molar-refractivity contribution < 1.29 is 9.84 Å². The topological polar surface area (TPSA) is 29.5 Å². The van der Waals surface area contributed by atoms with Crippen LogP contribution in [-0.4, -0.2) is 17.8 Å². The van der Waals surface area contributed by atoms with Crippen LogP contribution in [0.4, 0.5) is 0 Å². The second kappa shape index (κ2) is 5.54. The summed E-state index contributed by atoms with van der Waals surface area (Å²) in [5, 5.41) is 10.2. The van der Waals surface area contributed by atoms with Gasteiger partial charge in [0, 0.05) is 5.92 Å². The molecule has 0 radical (unpaired) electrons. The summed E-state index contributed by atoms with van der Waals surface area (Å²) >= 11 is 0. The van der Waals surface area contributed by atoms with E-state index >= 15 is 0 Å². The van der Waals surface area contributed by atoms with Crippen LogP contribution in [-0.2, 0) is 6.42 Å². The quantitative estimate of drug-likeness (QED) is 0.867. The zero-order valence-electron chi connectivity index (χ0n) is 10.7. The van der Waals surface area contributed by atoms with Gasteiger partial charge in [0.25, 0.3) is 0 Å². The summed E-state index contributed by atoms with van der Waals surface area (Å²) in [6, 6.07) is 8.13. The maximum atomic E-state index is 10.2. The maximum absolute atomic E-state index is 10.2. The van der Waals surface area contributed by atoms with Crippen molar-refractivity contribution in [1.82, 2.24) is 0 Å². The molecule has 0 aromatic heterocycles. The lowest BCUT2D eigenvalue weighted by Crippen LogP contribution is -2.31. The van der Waals surface area contributed by atoms with Crippen molar-refractivity contribution in [2.75, 3.05) is 6.61 Å². The van der Waals surface area contributed by atoms with Gasteiger partial charge < -0.3 is 9.84 Å². The Bertz CT molecular complexity index is 360. The highest BCUT2D eigenvalue weighted by atomic mass is 16.5. The van der Waals surface area contributed by atoms with Crippen LogP contribution in [0.2, 0.25) is 0 Å². The van der Waals surface area contributed by atoms with Gasteiger partial charge in [0.15, 0.2) is 0 Å². The number of fused-ring (bicyclic) bond motifs is 1. The third-order valence-corrected chi connectivity index (χ3v) is 3.49. The Kier molecular flexibility index (Phi) is 4.06. The van der Waals surface area contributed by atoms with E-state index in [0.29, 0.717) is 12.5 Å². The van der Waals surface area contributed by atoms with Gasteiger partial charge in [0.05, 0.1) is 12.7 Å². The molecule has 17 heavy (non-hydrogen) atoms. The van der Waals surface area contributed by atoms with E-state index in [1.807, 2.05) is 18.2 Å². The molecule has 1 N–H and O–H groups in total. The van der Waals surface area contributed by atoms with Gasteiger partial charge in [-0.1, -0.05) is 32.0 Å². The van der Waals surface area contributed by atoms with Crippen LogP contribution in [0, 0.1) is 11.8 Å².